The van der Waals surface area contributed by atoms with Gasteiger partial charge in [0.2, 0.25) is 0 Å². The molecule has 0 bridgehead atoms. The number of amides is 2. The first-order chi connectivity index (χ1) is 31.8. The van der Waals surface area contributed by atoms with Crippen LogP contribution in [0.5, 0.6) is 0 Å². The van der Waals surface area contributed by atoms with Crippen LogP contribution in [0.2, 0.25) is 25.7 Å². The smallest absolute Gasteiger partial charge is 0.255 e. The van der Waals surface area contributed by atoms with Gasteiger partial charge in [-0.2, -0.15) is 10.2 Å². The van der Waals surface area contributed by atoms with Gasteiger partial charge in [-0.05, 0) is 96.8 Å². The maximum atomic E-state index is 13.8. The van der Waals surface area contributed by atoms with Crippen molar-refractivity contribution in [1.82, 2.24) is 59.7 Å². The lowest BCUT2D eigenvalue weighted by Crippen LogP contribution is -2.38. The summed E-state index contributed by atoms with van der Waals surface area (Å²) in [5, 5.41) is 36.5. The summed E-state index contributed by atoms with van der Waals surface area (Å²) < 4.78 is 38.4. The Morgan fingerprint density at radius 3 is 1.79 bits per heavy atom. The number of rotatable bonds is 15. The van der Waals surface area contributed by atoms with Crippen LogP contribution in [0.1, 0.15) is 75.1 Å². The molecule has 68 heavy (non-hydrogen) atoms. The van der Waals surface area contributed by atoms with Crippen LogP contribution in [0.25, 0.3) is 66.9 Å². The highest BCUT2D eigenvalue weighted by Crippen LogP contribution is 2.31. The Bertz CT molecular complexity index is 3140. The van der Waals surface area contributed by atoms with Gasteiger partial charge in [-0.3, -0.25) is 19.0 Å². The number of H-pyrrole nitrogens is 1. The minimum atomic E-state index is -1.25. The van der Waals surface area contributed by atoms with Crippen LogP contribution in [0.4, 0.5) is 8.78 Å². The molecule has 2 aromatic carbocycles. The number of nitrogens with one attached hydrogen (secondary N) is 3. The van der Waals surface area contributed by atoms with E-state index in [0.29, 0.717) is 86.7 Å². The number of hydrogen-bond donors (Lipinski definition) is 5. The van der Waals surface area contributed by atoms with Crippen molar-refractivity contribution >= 4 is 64.0 Å². The van der Waals surface area contributed by atoms with Crippen molar-refractivity contribution < 1.29 is 33.3 Å². The van der Waals surface area contributed by atoms with Crippen LogP contribution in [-0.4, -0.2) is 109 Å². The van der Waals surface area contributed by atoms with Crippen LogP contribution in [0.15, 0.2) is 61.2 Å². The predicted molar refractivity (Wildman–Crippen MR) is 261 cm³/mol. The fourth-order valence-corrected chi connectivity index (χ4v) is 8.95. The second kappa shape index (κ2) is 19.3. The second-order valence-electron chi connectivity index (χ2n) is 20.0. The summed E-state index contributed by atoms with van der Waals surface area (Å²) in [7, 11) is 2.23. The van der Waals surface area contributed by atoms with Gasteiger partial charge in [0.25, 0.3) is 11.8 Å². The quantitative estimate of drug-likeness (QED) is 0.0497. The van der Waals surface area contributed by atoms with Crippen LogP contribution in [-0.2, 0) is 25.6 Å². The van der Waals surface area contributed by atoms with Crippen LogP contribution < -0.4 is 10.6 Å². The highest BCUT2D eigenvalue weighted by molar-refractivity contribution is 6.76. The van der Waals surface area contributed by atoms with Gasteiger partial charge in [0.1, 0.15) is 52.2 Å². The Balaban J connectivity index is 0.000000207. The van der Waals surface area contributed by atoms with Gasteiger partial charge >= 0.3 is 0 Å². The SMILES string of the molecule is C[C@@H](CC(C)(C)O)NC(=O)c1c[nH]c2ncc(-c3nn(C)c4cc(F)ccc34)nc12.C[C@@H](CC(C)(C)O)NC(=O)c1cn(COCC[Si](C)(C)C)c2ncc(-c3nn(C)c4cc(F)ccc34)nc12. The standard InChI is InChI=1S/C27H37FN6O3Si.C21H23FN6O2/c1-17(13-27(2,3)36)30-26(35)20-15-34(16-37-10-11-38(5,6)7)25-24(20)31-21(14-29-25)23-19-9-8-18(28)12-22(19)33(4)32-23;1-11(8-21(2,3)30)25-20(29)14-9-23-19-18(14)26-15(10-24-19)17-13-6-5-12(22)7-16(13)28(4)27-17/h8-9,12,14-15,17,36H,10-11,13,16H2,1-7H3,(H,30,35);5-7,9-11,30H,8H2,1-4H3,(H,23,24)(H,25,29)/t17-;11-/m00/s1. The Labute approximate surface area is 393 Å². The summed E-state index contributed by atoms with van der Waals surface area (Å²) in [4.78, 5) is 47.5. The molecular formula is C48H60F2N12O5Si. The number of hydrogen-bond acceptors (Lipinski definition) is 11. The molecule has 6 heterocycles. The molecule has 0 saturated carbocycles. The lowest BCUT2D eigenvalue weighted by Gasteiger charge is -2.22. The summed E-state index contributed by atoms with van der Waals surface area (Å²) in [5.41, 5.74) is 4.09. The number of fused-ring (bicyclic) bond motifs is 4. The number of carbonyl (C=O) groups excluding carboxylic acids is 2. The molecule has 6 aromatic heterocycles. The first kappa shape index (κ1) is 49.4. The lowest BCUT2D eigenvalue weighted by molar-refractivity contribution is 0.0581. The van der Waals surface area contributed by atoms with Crippen molar-refractivity contribution in [3.63, 3.8) is 0 Å². The Morgan fingerprint density at radius 2 is 1.28 bits per heavy atom. The number of aryl methyl sites for hydroxylation is 2. The van der Waals surface area contributed by atoms with E-state index >= 15 is 0 Å². The Morgan fingerprint density at radius 1 is 0.779 bits per heavy atom. The minimum absolute atomic E-state index is 0.228. The predicted octanol–water partition coefficient (Wildman–Crippen LogP) is 7.65. The minimum Gasteiger partial charge on any atom is -0.390 e. The number of benzene rings is 2. The molecule has 5 N–H and O–H groups in total. The average Bonchev–Trinajstić information content (AvgIpc) is 3.99. The van der Waals surface area contributed by atoms with Crippen molar-refractivity contribution in [3.8, 4) is 22.8 Å². The monoisotopic (exact) mass is 950 g/mol. The topological polar surface area (TPSA) is 216 Å². The zero-order valence-corrected chi connectivity index (χ0v) is 41.4. The van der Waals surface area contributed by atoms with E-state index in [2.05, 4.69) is 60.4 Å². The lowest BCUT2D eigenvalue weighted by atomic mass is 10.00. The van der Waals surface area contributed by atoms with Crippen molar-refractivity contribution in [2.24, 2.45) is 14.1 Å². The summed E-state index contributed by atoms with van der Waals surface area (Å²) in [6, 6.07) is 9.45. The zero-order chi connectivity index (χ0) is 49.5. The molecular weight excluding hydrogens is 891 g/mol. The van der Waals surface area contributed by atoms with Gasteiger partial charge in [0.15, 0.2) is 11.3 Å². The summed E-state index contributed by atoms with van der Waals surface area (Å²) >= 11 is 0. The molecule has 2 amide bonds. The van der Waals surface area contributed by atoms with Crippen LogP contribution in [0.3, 0.4) is 0 Å². The molecule has 0 aliphatic heterocycles. The molecule has 8 rings (SSSR count). The molecule has 0 aliphatic carbocycles. The molecule has 17 nitrogen and oxygen atoms in total. The molecule has 2 atom stereocenters. The first-order valence-electron chi connectivity index (χ1n) is 22.4. The van der Waals surface area contributed by atoms with E-state index in [1.807, 2.05) is 13.8 Å². The molecule has 0 spiro atoms. The third kappa shape index (κ3) is 11.6. The number of halogens is 2. The molecule has 0 aliphatic rings. The van der Waals surface area contributed by atoms with Gasteiger partial charge in [-0.25, -0.2) is 28.7 Å². The molecule has 0 unspecified atom stereocenters. The summed E-state index contributed by atoms with van der Waals surface area (Å²) in [6.07, 6.45) is 7.26. The van der Waals surface area contributed by atoms with E-state index in [-0.39, 0.29) is 42.3 Å². The summed E-state index contributed by atoms with van der Waals surface area (Å²) in [6.45, 7) is 18.2. The van der Waals surface area contributed by atoms with Crippen LogP contribution >= 0.6 is 0 Å². The number of aromatic nitrogens is 10. The number of carbonyl (C=O) groups is 2. The maximum Gasteiger partial charge on any atom is 0.255 e. The fourth-order valence-electron chi connectivity index (χ4n) is 8.19. The molecule has 20 heteroatoms. The molecule has 8 aromatic rings. The second-order valence-corrected chi connectivity index (χ2v) is 25.6. The summed E-state index contributed by atoms with van der Waals surface area (Å²) in [5.74, 6) is -1.31. The number of ether oxygens (including phenoxy) is 1. The average molecular weight is 951 g/mol. The number of aliphatic hydroxyl groups is 2. The van der Waals surface area contributed by atoms with E-state index in [1.54, 1.807) is 92.6 Å². The van der Waals surface area contributed by atoms with Crippen LogP contribution in [0, 0.1) is 11.6 Å². The Hall–Kier alpha value is -6.48. The van der Waals surface area contributed by atoms with Crippen molar-refractivity contribution in [1.29, 1.82) is 0 Å². The van der Waals surface area contributed by atoms with E-state index in [1.165, 1.54) is 24.3 Å². The van der Waals surface area contributed by atoms with Gasteiger partial charge < -0.3 is 35.1 Å². The zero-order valence-electron chi connectivity index (χ0n) is 40.4. The third-order valence-electron chi connectivity index (χ3n) is 11.1. The highest BCUT2D eigenvalue weighted by Gasteiger charge is 2.26. The third-order valence-corrected chi connectivity index (χ3v) is 12.8. The first-order valence-corrected chi connectivity index (χ1v) is 26.1. The Kier molecular flexibility index (Phi) is 14.0. The van der Waals surface area contributed by atoms with E-state index in [4.69, 9.17) is 9.72 Å². The van der Waals surface area contributed by atoms with E-state index < -0.39 is 19.3 Å². The van der Waals surface area contributed by atoms with Crippen molar-refractivity contribution in [2.75, 3.05) is 6.61 Å². The van der Waals surface area contributed by atoms with E-state index in [9.17, 15) is 28.6 Å². The normalized spacial score (nSPS) is 13.3. The molecule has 0 fully saturated rings. The number of nitrogens with zero attached hydrogens (tertiary/aromatic N) is 9. The van der Waals surface area contributed by atoms with Gasteiger partial charge in [0, 0.05) is 64.0 Å². The molecule has 360 valence electrons. The van der Waals surface area contributed by atoms with Gasteiger partial charge in [-0.15, -0.1) is 0 Å². The highest BCUT2D eigenvalue weighted by atomic mass is 28.3. The number of aromatic amines is 1. The van der Waals surface area contributed by atoms with Gasteiger partial charge in [0.05, 0.1) is 45.8 Å². The molecule has 0 saturated heterocycles. The van der Waals surface area contributed by atoms with E-state index in [0.717, 1.165) is 16.8 Å². The largest absolute Gasteiger partial charge is 0.390 e. The van der Waals surface area contributed by atoms with Crippen molar-refractivity contribution in [2.45, 2.75) is 110 Å². The maximum absolute atomic E-state index is 13.8. The van der Waals surface area contributed by atoms with Crippen molar-refractivity contribution in [3.05, 3.63) is 83.9 Å². The fraction of sp³-hybridized carbons (Fsp3) is 0.417. The molecule has 0 radical (unpaired) electrons. The van der Waals surface area contributed by atoms with Gasteiger partial charge in [-0.1, -0.05) is 19.6 Å².